The summed E-state index contributed by atoms with van der Waals surface area (Å²) in [5.41, 5.74) is 1.01. The average Bonchev–Trinajstić information content (AvgIpc) is 2.53. The quantitative estimate of drug-likeness (QED) is 0.730. The Morgan fingerprint density at radius 3 is 2.43 bits per heavy atom. The molecule has 0 heterocycles. The van der Waals surface area contributed by atoms with Crippen molar-refractivity contribution in [3.05, 3.63) is 60.2 Å². The standard InChI is InChI=1S/C16H17BrO3S/c1-20-15-8-5-9-16(10-15)21(18,19)12-14(11-17)13-6-3-2-4-7-13/h2-10,14H,11-12H2,1H3. The molecule has 1 unspecified atom stereocenters. The van der Waals surface area contributed by atoms with Gasteiger partial charge in [0.1, 0.15) is 5.75 Å². The second kappa shape index (κ2) is 7.09. The van der Waals surface area contributed by atoms with Crippen LogP contribution in [0.5, 0.6) is 5.75 Å². The number of methoxy groups -OCH3 is 1. The highest BCUT2D eigenvalue weighted by Gasteiger charge is 2.22. The lowest BCUT2D eigenvalue weighted by molar-refractivity contribution is 0.413. The first-order chi connectivity index (χ1) is 10.1. The molecule has 2 aromatic rings. The zero-order chi connectivity index (χ0) is 15.3. The zero-order valence-electron chi connectivity index (χ0n) is 11.7. The molecule has 0 aliphatic carbocycles. The molecule has 0 N–H and O–H groups in total. The van der Waals surface area contributed by atoms with E-state index < -0.39 is 9.84 Å². The summed E-state index contributed by atoms with van der Waals surface area (Å²) in [4.78, 5) is 0.295. The van der Waals surface area contributed by atoms with Crippen molar-refractivity contribution in [3.63, 3.8) is 0 Å². The Hall–Kier alpha value is -1.33. The molecule has 0 aromatic heterocycles. The molecule has 5 heteroatoms. The maximum Gasteiger partial charge on any atom is 0.179 e. The van der Waals surface area contributed by atoms with Crippen molar-refractivity contribution in [3.8, 4) is 5.75 Å². The summed E-state index contributed by atoms with van der Waals surface area (Å²) in [6.07, 6.45) is 0. The Balaban J connectivity index is 2.27. The molecule has 2 aromatic carbocycles. The molecule has 3 nitrogen and oxygen atoms in total. The van der Waals surface area contributed by atoms with Crippen LogP contribution in [0.1, 0.15) is 11.5 Å². The molecule has 21 heavy (non-hydrogen) atoms. The van der Waals surface area contributed by atoms with Crippen LogP contribution in [0.15, 0.2) is 59.5 Å². The van der Waals surface area contributed by atoms with Crippen molar-refractivity contribution in [1.29, 1.82) is 0 Å². The van der Waals surface area contributed by atoms with Crippen molar-refractivity contribution >= 4 is 25.8 Å². The first-order valence-electron chi connectivity index (χ1n) is 6.54. The fraction of sp³-hybridized carbons (Fsp3) is 0.250. The number of rotatable bonds is 6. The van der Waals surface area contributed by atoms with Crippen LogP contribution in [-0.4, -0.2) is 26.6 Å². The Morgan fingerprint density at radius 1 is 1.10 bits per heavy atom. The first kappa shape index (κ1) is 16.0. The fourth-order valence-corrected chi connectivity index (χ4v) is 4.63. The third-order valence-electron chi connectivity index (χ3n) is 3.28. The lowest BCUT2D eigenvalue weighted by Gasteiger charge is -2.15. The van der Waals surface area contributed by atoms with Gasteiger partial charge in [-0.2, -0.15) is 0 Å². The monoisotopic (exact) mass is 368 g/mol. The third-order valence-corrected chi connectivity index (χ3v) is 5.87. The summed E-state index contributed by atoms with van der Waals surface area (Å²) < 4.78 is 30.2. The third kappa shape index (κ3) is 4.08. The van der Waals surface area contributed by atoms with E-state index in [1.54, 1.807) is 24.3 Å². The lowest BCUT2D eigenvalue weighted by Crippen LogP contribution is -2.16. The zero-order valence-corrected chi connectivity index (χ0v) is 14.1. The number of ether oxygens (including phenoxy) is 1. The number of halogens is 1. The molecule has 0 spiro atoms. The molecule has 1 atom stereocenters. The van der Waals surface area contributed by atoms with Crippen LogP contribution in [-0.2, 0) is 9.84 Å². The van der Waals surface area contributed by atoms with Crippen LogP contribution >= 0.6 is 15.9 Å². The highest BCUT2D eigenvalue weighted by Crippen LogP contribution is 2.25. The molecule has 0 fully saturated rings. The normalized spacial score (nSPS) is 12.9. The van der Waals surface area contributed by atoms with Gasteiger partial charge in [-0.1, -0.05) is 52.3 Å². The van der Waals surface area contributed by atoms with Crippen molar-refractivity contribution in [2.24, 2.45) is 0 Å². The van der Waals surface area contributed by atoms with E-state index in [4.69, 9.17) is 4.74 Å². The van der Waals surface area contributed by atoms with E-state index in [0.29, 0.717) is 16.0 Å². The highest BCUT2D eigenvalue weighted by atomic mass is 79.9. The molecular formula is C16H17BrO3S. The summed E-state index contributed by atoms with van der Waals surface area (Å²) in [5.74, 6) is 0.531. The van der Waals surface area contributed by atoms with E-state index in [0.717, 1.165) is 5.56 Å². The van der Waals surface area contributed by atoms with Gasteiger partial charge in [-0.05, 0) is 23.8 Å². The van der Waals surface area contributed by atoms with Crippen molar-refractivity contribution in [2.75, 3.05) is 18.2 Å². The van der Waals surface area contributed by atoms with Crippen LogP contribution in [0.25, 0.3) is 0 Å². The van der Waals surface area contributed by atoms with Gasteiger partial charge in [0.05, 0.1) is 17.8 Å². The predicted octanol–water partition coefficient (Wildman–Crippen LogP) is 3.65. The van der Waals surface area contributed by atoms with Crippen LogP contribution < -0.4 is 4.74 Å². The summed E-state index contributed by atoms with van der Waals surface area (Å²) >= 11 is 3.42. The van der Waals surface area contributed by atoms with Gasteiger partial charge in [-0.15, -0.1) is 0 Å². The van der Waals surface area contributed by atoms with Gasteiger partial charge in [0.2, 0.25) is 0 Å². The molecule has 0 amide bonds. The summed E-state index contributed by atoms with van der Waals surface area (Å²) in [6, 6.07) is 16.3. The average molecular weight is 369 g/mol. The molecule has 0 saturated carbocycles. The van der Waals surface area contributed by atoms with Crippen LogP contribution in [0.2, 0.25) is 0 Å². The van der Waals surface area contributed by atoms with E-state index in [1.165, 1.54) is 7.11 Å². The van der Waals surface area contributed by atoms with Crippen molar-refractivity contribution < 1.29 is 13.2 Å². The second-order valence-electron chi connectivity index (χ2n) is 4.72. The van der Waals surface area contributed by atoms with E-state index in [1.807, 2.05) is 30.3 Å². The van der Waals surface area contributed by atoms with E-state index in [2.05, 4.69) is 15.9 Å². The first-order valence-corrected chi connectivity index (χ1v) is 9.32. The molecule has 112 valence electrons. The maximum absolute atomic E-state index is 12.6. The molecule has 0 radical (unpaired) electrons. The maximum atomic E-state index is 12.6. The van der Waals surface area contributed by atoms with E-state index in [-0.39, 0.29) is 11.7 Å². The number of alkyl halides is 1. The topological polar surface area (TPSA) is 43.4 Å². The van der Waals surface area contributed by atoms with Gasteiger partial charge in [0.15, 0.2) is 9.84 Å². The number of hydrogen-bond donors (Lipinski definition) is 0. The highest BCUT2D eigenvalue weighted by molar-refractivity contribution is 9.09. The van der Waals surface area contributed by atoms with E-state index >= 15 is 0 Å². The second-order valence-corrected chi connectivity index (χ2v) is 7.40. The molecule has 0 aliphatic heterocycles. The Labute approximate surface area is 134 Å². The lowest BCUT2D eigenvalue weighted by atomic mass is 10.0. The molecular weight excluding hydrogens is 352 g/mol. The Morgan fingerprint density at radius 2 is 1.81 bits per heavy atom. The number of sulfone groups is 1. The minimum atomic E-state index is -3.36. The van der Waals surface area contributed by atoms with Gasteiger partial charge >= 0.3 is 0 Å². The summed E-state index contributed by atoms with van der Waals surface area (Å²) in [5, 5.41) is 0.597. The largest absolute Gasteiger partial charge is 0.497 e. The van der Waals surface area contributed by atoms with E-state index in [9.17, 15) is 8.42 Å². The Kier molecular flexibility index (Phi) is 5.42. The smallest absolute Gasteiger partial charge is 0.179 e. The van der Waals surface area contributed by atoms with Gasteiger partial charge < -0.3 is 4.74 Å². The van der Waals surface area contributed by atoms with Gasteiger partial charge in [0, 0.05) is 11.2 Å². The van der Waals surface area contributed by atoms with Crippen molar-refractivity contribution in [1.82, 2.24) is 0 Å². The Bertz CT molecular complexity index is 684. The molecule has 0 saturated heterocycles. The molecule has 2 rings (SSSR count). The number of benzene rings is 2. The van der Waals surface area contributed by atoms with Gasteiger partial charge in [-0.25, -0.2) is 8.42 Å². The predicted molar refractivity (Wildman–Crippen MR) is 88.0 cm³/mol. The van der Waals surface area contributed by atoms with Crippen LogP contribution in [0, 0.1) is 0 Å². The molecule has 0 bridgehead atoms. The number of hydrogen-bond acceptors (Lipinski definition) is 3. The minimum absolute atomic E-state index is 0.0649. The summed E-state index contributed by atoms with van der Waals surface area (Å²) in [7, 11) is -1.84. The van der Waals surface area contributed by atoms with Gasteiger partial charge in [0.25, 0.3) is 0 Å². The summed E-state index contributed by atoms with van der Waals surface area (Å²) in [6.45, 7) is 0. The molecule has 0 aliphatic rings. The fourth-order valence-electron chi connectivity index (χ4n) is 2.11. The van der Waals surface area contributed by atoms with Crippen LogP contribution in [0.4, 0.5) is 0 Å². The van der Waals surface area contributed by atoms with Gasteiger partial charge in [-0.3, -0.25) is 0 Å². The van der Waals surface area contributed by atoms with Crippen LogP contribution in [0.3, 0.4) is 0 Å². The van der Waals surface area contributed by atoms with Crippen molar-refractivity contribution in [2.45, 2.75) is 10.8 Å². The SMILES string of the molecule is COc1cccc(S(=O)(=O)CC(CBr)c2ccccc2)c1. The minimum Gasteiger partial charge on any atom is -0.497 e.